The Balaban J connectivity index is 2.02. The molecule has 0 bridgehead atoms. The SMILES string of the molecule is CCNC(CN1CC(C)C(C)C1)c1ccc(CC)cc1. The van der Waals surface area contributed by atoms with Crippen molar-refractivity contribution in [1.82, 2.24) is 10.2 Å². The number of nitrogens with zero attached hydrogens (tertiary/aromatic N) is 1. The van der Waals surface area contributed by atoms with E-state index >= 15 is 0 Å². The van der Waals surface area contributed by atoms with Gasteiger partial charge in [-0.2, -0.15) is 0 Å². The largest absolute Gasteiger partial charge is 0.309 e. The molecule has 0 radical (unpaired) electrons. The number of likely N-dealkylation sites (N-methyl/N-ethyl adjacent to an activating group) is 1. The van der Waals surface area contributed by atoms with Crippen LogP contribution in [0.4, 0.5) is 0 Å². The lowest BCUT2D eigenvalue weighted by atomic mass is 10.0. The molecule has 20 heavy (non-hydrogen) atoms. The molecule has 0 saturated carbocycles. The van der Waals surface area contributed by atoms with Gasteiger partial charge in [-0.1, -0.05) is 52.0 Å². The number of likely N-dealkylation sites (tertiary alicyclic amines) is 1. The highest BCUT2D eigenvalue weighted by atomic mass is 15.2. The highest BCUT2D eigenvalue weighted by Crippen LogP contribution is 2.25. The first-order chi connectivity index (χ1) is 9.63. The Bertz CT molecular complexity index is 388. The summed E-state index contributed by atoms with van der Waals surface area (Å²) in [5, 5.41) is 3.65. The molecule has 2 nitrogen and oxygen atoms in total. The predicted octanol–water partition coefficient (Wildman–Crippen LogP) is 3.49. The summed E-state index contributed by atoms with van der Waals surface area (Å²) >= 11 is 0. The van der Waals surface area contributed by atoms with Gasteiger partial charge in [-0.15, -0.1) is 0 Å². The first-order valence-electron chi connectivity index (χ1n) is 8.18. The summed E-state index contributed by atoms with van der Waals surface area (Å²) in [5.74, 6) is 1.67. The van der Waals surface area contributed by atoms with E-state index < -0.39 is 0 Å². The zero-order valence-electron chi connectivity index (χ0n) is 13.5. The molecule has 1 aromatic carbocycles. The molecule has 1 heterocycles. The topological polar surface area (TPSA) is 15.3 Å². The lowest BCUT2D eigenvalue weighted by molar-refractivity contribution is 0.283. The Labute approximate surface area is 124 Å². The van der Waals surface area contributed by atoms with Crippen LogP contribution >= 0.6 is 0 Å². The van der Waals surface area contributed by atoms with Gasteiger partial charge in [0.1, 0.15) is 0 Å². The van der Waals surface area contributed by atoms with E-state index in [9.17, 15) is 0 Å². The molecule has 0 amide bonds. The minimum atomic E-state index is 0.461. The van der Waals surface area contributed by atoms with Gasteiger partial charge in [0.25, 0.3) is 0 Å². The Hall–Kier alpha value is -0.860. The summed E-state index contributed by atoms with van der Waals surface area (Å²) < 4.78 is 0. The van der Waals surface area contributed by atoms with Gasteiger partial charge < -0.3 is 10.2 Å². The molecule has 1 aliphatic heterocycles. The molecule has 2 heteroatoms. The van der Waals surface area contributed by atoms with E-state index in [4.69, 9.17) is 0 Å². The van der Waals surface area contributed by atoms with Crippen molar-refractivity contribution < 1.29 is 0 Å². The molecule has 0 spiro atoms. The van der Waals surface area contributed by atoms with Crippen molar-refractivity contribution in [1.29, 1.82) is 0 Å². The second-order valence-corrected chi connectivity index (χ2v) is 6.38. The zero-order valence-corrected chi connectivity index (χ0v) is 13.5. The van der Waals surface area contributed by atoms with Crippen LogP contribution in [0.3, 0.4) is 0 Å². The van der Waals surface area contributed by atoms with Crippen molar-refractivity contribution >= 4 is 0 Å². The number of hydrogen-bond acceptors (Lipinski definition) is 2. The molecule has 1 aromatic rings. The lowest BCUT2D eigenvalue weighted by Gasteiger charge is -2.25. The predicted molar refractivity (Wildman–Crippen MR) is 87.0 cm³/mol. The van der Waals surface area contributed by atoms with Crippen LogP contribution in [0.1, 0.15) is 44.9 Å². The average Bonchev–Trinajstić information content (AvgIpc) is 2.77. The smallest absolute Gasteiger partial charge is 0.0449 e. The van der Waals surface area contributed by atoms with Gasteiger partial charge in [-0.3, -0.25) is 0 Å². The van der Waals surface area contributed by atoms with Crippen LogP contribution in [-0.2, 0) is 6.42 Å². The van der Waals surface area contributed by atoms with Crippen LogP contribution in [0, 0.1) is 11.8 Å². The lowest BCUT2D eigenvalue weighted by Crippen LogP contribution is -2.34. The maximum absolute atomic E-state index is 3.65. The van der Waals surface area contributed by atoms with Gasteiger partial charge in [0.2, 0.25) is 0 Å². The van der Waals surface area contributed by atoms with E-state index in [2.05, 4.69) is 62.2 Å². The van der Waals surface area contributed by atoms with Crippen molar-refractivity contribution in [3.63, 3.8) is 0 Å². The Morgan fingerprint density at radius 2 is 1.70 bits per heavy atom. The van der Waals surface area contributed by atoms with Crippen LogP contribution in [0.15, 0.2) is 24.3 Å². The first-order valence-corrected chi connectivity index (χ1v) is 8.18. The Kier molecular flexibility index (Phi) is 5.62. The van der Waals surface area contributed by atoms with Crippen LogP contribution in [-0.4, -0.2) is 31.1 Å². The highest BCUT2D eigenvalue weighted by molar-refractivity contribution is 5.25. The van der Waals surface area contributed by atoms with Gasteiger partial charge in [0.05, 0.1) is 0 Å². The summed E-state index contributed by atoms with van der Waals surface area (Å²) in [5.41, 5.74) is 2.85. The molecule has 0 aliphatic carbocycles. The van der Waals surface area contributed by atoms with Crippen molar-refractivity contribution in [3.05, 3.63) is 35.4 Å². The number of nitrogens with one attached hydrogen (secondary N) is 1. The number of hydrogen-bond donors (Lipinski definition) is 1. The molecule has 2 rings (SSSR count). The third-order valence-electron chi connectivity index (χ3n) is 4.75. The summed E-state index contributed by atoms with van der Waals surface area (Å²) in [6, 6.07) is 9.61. The second-order valence-electron chi connectivity index (χ2n) is 6.38. The van der Waals surface area contributed by atoms with Crippen LogP contribution in [0.25, 0.3) is 0 Å². The maximum atomic E-state index is 3.65. The fourth-order valence-corrected chi connectivity index (χ4v) is 3.18. The fourth-order valence-electron chi connectivity index (χ4n) is 3.18. The van der Waals surface area contributed by atoms with E-state index in [0.717, 1.165) is 31.3 Å². The van der Waals surface area contributed by atoms with E-state index in [0.29, 0.717) is 6.04 Å². The minimum absolute atomic E-state index is 0.461. The van der Waals surface area contributed by atoms with Crippen molar-refractivity contribution in [2.24, 2.45) is 11.8 Å². The summed E-state index contributed by atoms with van der Waals surface area (Å²) in [6.45, 7) is 13.8. The van der Waals surface area contributed by atoms with Gasteiger partial charge in [-0.05, 0) is 35.9 Å². The molecule has 0 aromatic heterocycles. The standard InChI is InChI=1S/C18H30N2/c1-5-16-7-9-17(10-8-16)18(19-6-2)13-20-11-14(3)15(4)12-20/h7-10,14-15,18-19H,5-6,11-13H2,1-4H3. The molecule has 1 aliphatic rings. The molecular formula is C18H30N2. The average molecular weight is 274 g/mol. The quantitative estimate of drug-likeness (QED) is 0.854. The molecule has 112 valence electrons. The summed E-state index contributed by atoms with van der Waals surface area (Å²) in [7, 11) is 0. The van der Waals surface area contributed by atoms with Gasteiger partial charge >= 0.3 is 0 Å². The first kappa shape index (κ1) is 15.5. The van der Waals surface area contributed by atoms with E-state index in [1.807, 2.05) is 0 Å². The summed E-state index contributed by atoms with van der Waals surface area (Å²) in [4.78, 5) is 2.62. The third kappa shape index (κ3) is 3.83. The zero-order chi connectivity index (χ0) is 14.5. The highest BCUT2D eigenvalue weighted by Gasteiger charge is 2.27. The molecule has 3 unspecified atom stereocenters. The van der Waals surface area contributed by atoms with E-state index in [-0.39, 0.29) is 0 Å². The monoisotopic (exact) mass is 274 g/mol. The van der Waals surface area contributed by atoms with Crippen LogP contribution in [0.2, 0.25) is 0 Å². The third-order valence-corrected chi connectivity index (χ3v) is 4.75. The Morgan fingerprint density at radius 3 is 2.20 bits per heavy atom. The summed E-state index contributed by atoms with van der Waals surface area (Å²) in [6.07, 6.45) is 1.12. The van der Waals surface area contributed by atoms with E-state index in [1.165, 1.54) is 24.2 Å². The van der Waals surface area contributed by atoms with Crippen molar-refractivity contribution in [3.8, 4) is 0 Å². The number of aryl methyl sites for hydroxylation is 1. The van der Waals surface area contributed by atoms with Crippen molar-refractivity contribution in [2.45, 2.75) is 40.2 Å². The van der Waals surface area contributed by atoms with Crippen LogP contribution < -0.4 is 5.32 Å². The number of rotatable bonds is 6. The number of benzene rings is 1. The molecular weight excluding hydrogens is 244 g/mol. The maximum Gasteiger partial charge on any atom is 0.0449 e. The minimum Gasteiger partial charge on any atom is -0.309 e. The molecule has 3 atom stereocenters. The van der Waals surface area contributed by atoms with Gasteiger partial charge in [-0.25, -0.2) is 0 Å². The van der Waals surface area contributed by atoms with Gasteiger partial charge in [0.15, 0.2) is 0 Å². The van der Waals surface area contributed by atoms with Crippen LogP contribution in [0.5, 0.6) is 0 Å². The van der Waals surface area contributed by atoms with Crippen molar-refractivity contribution in [2.75, 3.05) is 26.2 Å². The molecule has 1 fully saturated rings. The second kappa shape index (κ2) is 7.24. The molecule has 1 saturated heterocycles. The van der Waals surface area contributed by atoms with E-state index in [1.54, 1.807) is 0 Å². The molecule has 1 N–H and O–H groups in total. The fraction of sp³-hybridized carbons (Fsp3) is 0.667. The normalized spacial score (nSPS) is 25.0. The van der Waals surface area contributed by atoms with Gasteiger partial charge in [0, 0.05) is 25.7 Å². The Morgan fingerprint density at radius 1 is 1.10 bits per heavy atom.